The lowest BCUT2D eigenvalue weighted by Gasteiger charge is -2.14. The molecule has 6 aromatic rings. The topological polar surface area (TPSA) is 94.7 Å². The molecular weight excluding hydrogens is 592 g/mol. The molecule has 0 atom stereocenters. The fraction of sp³-hybridized carbons (Fsp3) is 0.0714. The van der Waals surface area contributed by atoms with Gasteiger partial charge >= 0.3 is 5.97 Å². The quantitative estimate of drug-likeness (QED) is 0.182. The lowest BCUT2D eigenvalue weighted by molar-refractivity contribution is -0.130. The second kappa shape index (κ2) is 11.5. The number of benzene rings is 3. The number of carbonyl (C=O) groups is 1. The van der Waals surface area contributed by atoms with Gasteiger partial charge in [0.1, 0.15) is 0 Å². The monoisotopic (exact) mass is 624 g/mol. The standard InChI is InChI=1S/C42H32N4O2/c1-24-10-4-7-13-32(24)37-36-23-30-19-18-28(44-30)20-27-16-17-29(43-27)21-31-22-35(42(47)48)40(45-31)39(34-15-9-6-12-26(34)3)41(46-36)38(37)33-14-8-5-11-25(33)2/h4-23,43,46H,1-3H3,(H,47,48). The van der Waals surface area contributed by atoms with Crippen molar-refractivity contribution >= 4 is 51.8 Å². The number of H-pyrrole nitrogens is 2. The molecule has 0 saturated carbocycles. The number of carboxylic acids is 1. The largest absolute Gasteiger partial charge is 0.478 e. The summed E-state index contributed by atoms with van der Waals surface area (Å²) in [6, 6.07) is 34.7. The average molecular weight is 625 g/mol. The van der Waals surface area contributed by atoms with E-state index in [2.05, 4.69) is 79.3 Å². The van der Waals surface area contributed by atoms with Gasteiger partial charge in [-0.25, -0.2) is 14.8 Å². The minimum Gasteiger partial charge on any atom is -0.478 e. The van der Waals surface area contributed by atoms with Gasteiger partial charge in [-0.1, -0.05) is 72.8 Å². The molecule has 6 nitrogen and oxygen atoms in total. The average Bonchev–Trinajstić information content (AvgIpc) is 3.87. The van der Waals surface area contributed by atoms with E-state index in [0.717, 1.165) is 83.5 Å². The van der Waals surface area contributed by atoms with E-state index >= 15 is 0 Å². The van der Waals surface area contributed by atoms with Gasteiger partial charge in [-0.05, 0) is 103 Å². The van der Waals surface area contributed by atoms with Gasteiger partial charge in [0.2, 0.25) is 0 Å². The first kappa shape index (κ1) is 29.2. The van der Waals surface area contributed by atoms with Gasteiger partial charge in [0, 0.05) is 33.2 Å². The third-order valence-electron chi connectivity index (χ3n) is 9.09. The van der Waals surface area contributed by atoms with Crippen LogP contribution in [-0.2, 0) is 4.79 Å². The fourth-order valence-electron chi connectivity index (χ4n) is 6.79. The Morgan fingerprint density at radius 3 is 1.69 bits per heavy atom. The van der Waals surface area contributed by atoms with Crippen molar-refractivity contribution in [3.63, 3.8) is 0 Å². The van der Waals surface area contributed by atoms with Crippen LogP contribution >= 0.6 is 0 Å². The Bertz CT molecular complexity index is 2530. The second-order valence-electron chi connectivity index (χ2n) is 12.3. The van der Waals surface area contributed by atoms with Crippen molar-refractivity contribution in [1.29, 1.82) is 0 Å². The second-order valence-corrected chi connectivity index (χ2v) is 12.3. The number of nitrogens with zero attached hydrogens (tertiary/aromatic N) is 2. The number of aryl methyl sites for hydroxylation is 3. The number of fused-ring (bicyclic) bond motifs is 8. The van der Waals surface area contributed by atoms with E-state index in [0.29, 0.717) is 11.4 Å². The maximum Gasteiger partial charge on any atom is 0.337 e. The summed E-state index contributed by atoms with van der Waals surface area (Å²) in [6.07, 6.45) is 5.70. The Morgan fingerprint density at radius 1 is 0.583 bits per heavy atom. The minimum absolute atomic E-state index is 0.136. The highest BCUT2D eigenvalue weighted by Crippen LogP contribution is 2.46. The third kappa shape index (κ3) is 5.04. The van der Waals surface area contributed by atoms with Gasteiger partial charge < -0.3 is 15.1 Å². The molecule has 0 saturated heterocycles. The van der Waals surface area contributed by atoms with Gasteiger partial charge in [0.25, 0.3) is 0 Å². The molecule has 0 amide bonds. The van der Waals surface area contributed by atoms with Gasteiger partial charge in [-0.15, -0.1) is 0 Å². The predicted molar refractivity (Wildman–Crippen MR) is 196 cm³/mol. The summed E-state index contributed by atoms with van der Waals surface area (Å²) in [5, 5.41) is 10.6. The van der Waals surface area contributed by atoms with Crippen molar-refractivity contribution < 1.29 is 9.90 Å². The van der Waals surface area contributed by atoms with Gasteiger partial charge in [0.15, 0.2) is 0 Å². The van der Waals surface area contributed by atoms with Crippen LogP contribution in [-0.4, -0.2) is 31.0 Å². The first-order chi connectivity index (χ1) is 23.3. The number of aromatic amines is 2. The van der Waals surface area contributed by atoms with E-state index < -0.39 is 5.97 Å². The van der Waals surface area contributed by atoms with Crippen LogP contribution < -0.4 is 0 Å². The Hall–Kier alpha value is -6.27. The first-order valence-electron chi connectivity index (χ1n) is 15.9. The highest BCUT2D eigenvalue weighted by atomic mass is 16.4. The zero-order chi connectivity index (χ0) is 32.9. The van der Waals surface area contributed by atoms with E-state index in [4.69, 9.17) is 9.97 Å². The predicted octanol–water partition coefficient (Wildman–Crippen LogP) is 10.0. The molecule has 0 unspecified atom stereocenters. The summed E-state index contributed by atoms with van der Waals surface area (Å²) in [5.74, 6) is -1.04. The number of nitrogens with one attached hydrogen (secondary N) is 2. The molecule has 6 heteroatoms. The molecule has 2 aliphatic rings. The Morgan fingerprint density at radius 2 is 1.10 bits per heavy atom. The van der Waals surface area contributed by atoms with Crippen LogP contribution in [0.15, 0.2) is 103 Å². The minimum atomic E-state index is -1.04. The van der Waals surface area contributed by atoms with Gasteiger partial charge in [-0.2, -0.15) is 0 Å². The summed E-state index contributed by atoms with van der Waals surface area (Å²) in [4.78, 5) is 30.3. The Balaban J connectivity index is 1.69. The van der Waals surface area contributed by atoms with E-state index in [1.54, 1.807) is 6.08 Å². The SMILES string of the molecule is Cc1ccccc1-c1c(-c2ccccc2C)c2[nH]c1cc1nc(cc3ccc(cc4nc(c2-c2ccccc2C)C(C(=O)O)=C4)[nH]3)C=C1. The van der Waals surface area contributed by atoms with Crippen LogP contribution in [0.1, 0.15) is 39.5 Å². The van der Waals surface area contributed by atoms with E-state index in [9.17, 15) is 9.90 Å². The summed E-state index contributed by atoms with van der Waals surface area (Å²) in [6.45, 7) is 6.29. The Labute approximate surface area is 277 Å². The third-order valence-corrected chi connectivity index (χ3v) is 9.09. The molecule has 8 bridgehead atoms. The molecule has 3 N–H and O–H groups in total. The van der Waals surface area contributed by atoms with E-state index in [1.807, 2.05) is 66.7 Å². The van der Waals surface area contributed by atoms with Crippen molar-refractivity contribution in [3.8, 4) is 33.4 Å². The van der Waals surface area contributed by atoms with E-state index in [-0.39, 0.29) is 5.57 Å². The number of aromatic nitrogens is 4. The molecule has 0 aliphatic carbocycles. The molecule has 8 rings (SSSR count). The number of hydrogen-bond acceptors (Lipinski definition) is 3. The highest BCUT2D eigenvalue weighted by Gasteiger charge is 2.27. The van der Waals surface area contributed by atoms with Crippen molar-refractivity contribution in [1.82, 2.24) is 19.9 Å². The zero-order valence-electron chi connectivity index (χ0n) is 26.8. The van der Waals surface area contributed by atoms with Crippen molar-refractivity contribution in [2.24, 2.45) is 0 Å². The molecule has 0 spiro atoms. The number of hydrogen-bond donors (Lipinski definition) is 3. The lowest BCUT2D eigenvalue weighted by atomic mass is 9.88. The van der Waals surface area contributed by atoms with Crippen molar-refractivity contribution in [2.45, 2.75) is 20.8 Å². The van der Waals surface area contributed by atoms with Crippen LogP contribution in [0.2, 0.25) is 0 Å². The highest BCUT2D eigenvalue weighted by molar-refractivity contribution is 6.24. The van der Waals surface area contributed by atoms with Crippen LogP contribution in [0.4, 0.5) is 0 Å². The molecule has 3 aromatic heterocycles. The number of carboxylic acid groups (broad SMARTS) is 1. The molecule has 3 aromatic carbocycles. The van der Waals surface area contributed by atoms with E-state index in [1.165, 1.54) is 0 Å². The molecule has 0 fully saturated rings. The van der Waals surface area contributed by atoms with Crippen LogP contribution in [0.5, 0.6) is 0 Å². The molecule has 232 valence electrons. The van der Waals surface area contributed by atoms with Crippen LogP contribution in [0.3, 0.4) is 0 Å². The molecule has 5 heterocycles. The summed E-state index contributed by atoms with van der Waals surface area (Å²) < 4.78 is 0. The summed E-state index contributed by atoms with van der Waals surface area (Å²) in [7, 11) is 0. The molecule has 48 heavy (non-hydrogen) atoms. The molecular formula is C42H32N4O2. The lowest BCUT2D eigenvalue weighted by Crippen LogP contribution is -2.01. The van der Waals surface area contributed by atoms with Gasteiger partial charge in [0.05, 0.1) is 33.9 Å². The van der Waals surface area contributed by atoms with Crippen molar-refractivity contribution in [2.75, 3.05) is 0 Å². The molecule has 0 radical (unpaired) electrons. The maximum absolute atomic E-state index is 13.0. The zero-order valence-corrected chi connectivity index (χ0v) is 26.8. The summed E-state index contributed by atoms with van der Waals surface area (Å²) >= 11 is 0. The smallest absolute Gasteiger partial charge is 0.337 e. The first-order valence-corrected chi connectivity index (χ1v) is 15.9. The van der Waals surface area contributed by atoms with Gasteiger partial charge in [-0.3, -0.25) is 0 Å². The van der Waals surface area contributed by atoms with Crippen molar-refractivity contribution in [3.05, 3.63) is 143 Å². The maximum atomic E-state index is 13.0. The Kier molecular flexibility index (Phi) is 6.99. The number of aliphatic carboxylic acids is 1. The summed E-state index contributed by atoms with van der Waals surface area (Å²) in [5.41, 5.74) is 15.1. The van der Waals surface area contributed by atoms with Crippen LogP contribution in [0, 0.1) is 20.8 Å². The molecule has 2 aliphatic heterocycles. The normalized spacial score (nSPS) is 12.3. The van der Waals surface area contributed by atoms with Crippen LogP contribution in [0.25, 0.3) is 79.2 Å². The fourth-order valence-corrected chi connectivity index (χ4v) is 6.79. The number of rotatable bonds is 4.